The van der Waals surface area contributed by atoms with Crippen LogP contribution < -0.4 is 10.2 Å². The number of nitrogens with zero attached hydrogens (tertiary/aromatic N) is 4. The molecule has 1 aliphatic heterocycles. The van der Waals surface area contributed by atoms with Crippen LogP contribution >= 0.6 is 0 Å². The molecule has 5 nitrogen and oxygen atoms in total. The lowest BCUT2D eigenvalue weighted by Gasteiger charge is -2.38. The highest BCUT2D eigenvalue weighted by atomic mass is 15.3. The Morgan fingerprint density at radius 1 is 1.00 bits per heavy atom. The predicted molar refractivity (Wildman–Crippen MR) is 104 cm³/mol. The van der Waals surface area contributed by atoms with E-state index in [4.69, 9.17) is 0 Å². The van der Waals surface area contributed by atoms with Crippen LogP contribution in [0, 0.1) is 6.92 Å². The number of aromatic nitrogens is 2. The summed E-state index contributed by atoms with van der Waals surface area (Å²) < 4.78 is 0. The zero-order chi connectivity index (χ0) is 17.8. The summed E-state index contributed by atoms with van der Waals surface area (Å²) in [7, 11) is 0. The number of piperazine rings is 1. The van der Waals surface area contributed by atoms with Gasteiger partial charge in [0.1, 0.15) is 0 Å². The second kappa shape index (κ2) is 7.83. The van der Waals surface area contributed by atoms with Gasteiger partial charge in [-0.05, 0) is 51.5 Å². The highest BCUT2D eigenvalue weighted by molar-refractivity contribution is 5.61. The molecule has 1 atom stereocenters. The topological polar surface area (TPSA) is 44.3 Å². The quantitative estimate of drug-likeness (QED) is 0.903. The van der Waals surface area contributed by atoms with Crippen LogP contribution in [0.3, 0.4) is 0 Å². The Bertz CT molecular complexity index is 678. The van der Waals surface area contributed by atoms with Crippen molar-refractivity contribution >= 4 is 11.4 Å². The van der Waals surface area contributed by atoms with Crippen molar-refractivity contribution in [2.75, 3.05) is 36.4 Å². The SMILES string of the molecule is Cc1cc(N[C@H](C)c2cnccn2)cc(N2CCN(C(C)C)CC2)c1. The molecule has 1 N–H and O–H groups in total. The molecule has 0 radical (unpaired) electrons. The van der Waals surface area contributed by atoms with E-state index in [1.54, 1.807) is 12.4 Å². The van der Waals surface area contributed by atoms with Crippen LogP contribution in [0.15, 0.2) is 36.8 Å². The number of hydrogen-bond donors (Lipinski definition) is 1. The first-order chi connectivity index (χ1) is 12.0. The molecule has 1 aromatic heterocycles. The van der Waals surface area contributed by atoms with Gasteiger partial charge in [0.25, 0.3) is 0 Å². The van der Waals surface area contributed by atoms with Gasteiger partial charge in [0.15, 0.2) is 0 Å². The van der Waals surface area contributed by atoms with Crippen molar-refractivity contribution in [1.29, 1.82) is 0 Å². The van der Waals surface area contributed by atoms with E-state index >= 15 is 0 Å². The van der Waals surface area contributed by atoms with E-state index < -0.39 is 0 Å². The molecule has 2 heterocycles. The van der Waals surface area contributed by atoms with Crippen LogP contribution in [0.4, 0.5) is 11.4 Å². The van der Waals surface area contributed by atoms with E-state index in [2.05, 4.69) is 71.0 Å². The van der Waals surface area contributed by atoms with Gasteiger partial charge in [-0.3, -0.25) is 14.9 Å². The first-order valence-corrected chi connectivity index (χ1v) is 9.16. The van der Waals surface area contributed by atoms with Crippen LogP contribution in [-0.4, -0.2) is 47.1 Å². The molecule has 0 spiro atoms. The fourth-order valence-electron chi connectivity index (χ4n) is 3.38. The predicted octanol–water partition coefficient (Wildman–Crippen LogP) is 3.49. The number of anilines is 2. The van der Waals surface area contributed by atoms with Crippen LogP contribution in [0.5, 0.6) is 0 Å². The minimum absolute atomic E-state index is 0.126. The molecule has 0 bridgehead atoms. The van der Waals surface area contributed by atoms with Gasteiger partial charge in [0, 0.05) is 56.0 Å². The Labute approximate surface area is 151 Å². The van der Waals surface area contributed by atoms with Gasteiger partial charge in [0.05, 0.1) is 17.9 Å². The lowest BCUT2D eigenvalue weighted by molar-refractivity contribution is 0.209. The maximum absolute atomic E-state index is 4.39. The number of aryl methyl sites for hydroxylation is 1. The Kier molecular flexibility index (Phi) is 5.53. The summed E-state index contributed by atoms with van der Waals surface area (Å²) in [6.07, 6.45) is 5.26. The molecule has 5 heteroatoms. The lowest BCUT2D eigenvalue weighted by Crippen LogP contribution is -2.48. The Balaban J connectivity index is 1.71. The minimum atomic E-state index is 0.126. The van der Waals surface area contributed by atoms with Crippen LogP contribution in [0.2, 0.25) is 0 Å². The molecule has 25 heavy (non-hydrogen) atoms. The lowest BCUT2D eigenvalue weighted by atomic mass is 10.1. The van der Waals surface area contributed by atoms with Crippen molar-refractivity contribution in [3.63, 3.8) is 0 Å². The summed E-state index contributed by atoms with van der Waals surface area (Å²) in [5.74, 6) is 0. The average Bonchev–Trinajstić information content (AvgIpc) is 2.62. The molecule has 1 saturated heterocycles. The molecule has 1 aliphatic rings. The summed E-state index contributed by atoms with van der Waals surface area (Å²) in [5, 5.41) is 3.57. The Morgan fingerprint density at radius 3 is 2.40 bits per heavy atom. The number of rotatable bonds is 5. The summed E-state index contributed by atoms with van der Waals surface area (Å²) >= 11 is 0. The molecule has 3 rings (SSSR count). The third-order valence-electron chi connectivity index (χ3n) is 4.88. The highest BCUT2D eigenvalue weighted by Crippen LogP contribution is 2.26. The fourth-order valence-corrected chi connectivity index (χ4v) is 3.38. The van der Waals surface area contributed by atoms with Crippen molar-refractivity contribution < 1.29 is 0 Å². The zero-order valence-electron chi connectivity index (χ0n) is 15.7. The van der Waals surface area contributed by atoms with Crippen LogP contribution in [0.1, 0.15) is 38.1 Å². The van der Waals surface area contributed by atoms with E-state index in [1.807, 2.05) is 6.20 Å². The summed E-state index contributed by atoms with van der Waals surface area (Å²) in [5.41, 5.74) is 4.67. The third-order valence-corrected chi connectivity index (χ3v) is 4.88. The van der Waals surface area contributed by atoms with Crippen molar-refractivity contribution in [3.05, 3.63) is 48.0 Å². The molecular formula is C20H29N5. The van der Waals surface area contributed by atoms with Crippen molar-refractivity contribution in [2.24, 2.45) is 0 Å². The van der Waals surface area contributed by atoms with E-state index in [1.165, 1.54) is 11.3 Å². The smallest absolute Gasteiger partial charge is 0.0806 e. The normalized spacial score (nSPS) is 16.9. The molecule has 0 aliphatic carbocycles. The zero-order valence-corrected chi connectivity index (χ0v) is 15.7. The van der Waals surface area contributed by atoms with Gasteiger partial charge in [-0.15, -0.1) is 0 Å². The summed E-state index contributed by atoms with van der Waals surface area (Å²) in [6, 6.07) is 7.49. The average molecular weight is 339 g/mol. The number of nitrogens with one attached hydrogen (secondary N) is 1. The molecule has 0 saturated carbocycles. The number of benzene rings is 1. The van der Waals surface area contributed by atoms with Gasteiger partial charge in [-0.25, -0.2) is 0 Å². The van der Waals surface area contributed by atoms with E-state index in [-0.39, 0.29) is 6.04 Å². The van der Waals surface area contributed by atoms with Crippen LogP contribution in [0.25, 0.3) is 0 Å². The van der Waals surface area contributed by atoms with Crippen LogP contribution in [-0.2, 0) is 0 Å². The van der Waals surface area contributed by atoms with Crippen molar-refractivity contribution in [1.82, 2.24) is 14.9 Å². The standard InChI is InChI=1S/C20H29N5/c1-15(2)24-7-9-25(10-8-24)19-12-16(3)11-18(13-19)23-17(4)20-14-21-5-6-22-20/h5-6,11-15,17,23H,7-10H2,1-4H3/t17-/m1/s1. The van der Waals surface area contributed by atoms with Gasteiger partial charge < -0.3 is 10.2 Å². The van der Waals surface area contributed by atoms with E-state index in [9.17, 15) is 0 Å². The summed E-state index contributed by atoms with van der Waals surface area (Å²) in [4.78, 5) is 13.6. The molecule has 134 valence electrons. The number of hydrogen-bond acceptors (Lipinski definition) is 5. The summed E-state index contributed by atoms with van der Waals surface area (Å²) in [6.45, 7) is 13.3. The van der Waals surface area contributed by atoms with Gasteiger partial charge in [-0.1, -0.05) is 0 Å². The Morgan fingerprint density at radius 2 is 1.76 bits per heavy atom. The minimum Gasteiger partial charge on any atom is -0.377 e. The maximum atomic E-state index is 4.39. The largest absolute Gasteiger partial charge is 0.377 e. The first kappa shape index (κ1) is 17.7. The second-order valence-corrected chi connectivity index (χ2v) is 7.17. The van der Waals surface area contributed by atoms with Gasteiger partial charge >= 0.3 is 0 Å². The van der Waals surface area contributed by atoms with Gasteiger partial charge in [-0.2, -0.15) is 0 Å². The third kappa shape index (κ3) is 4.48. The second-order valence-electron chi connectivity index (χ2n) is 7.17. The van der Waals surface area contributed by atoms with E-state index in [0.29, 0.717) is 6.04 Å². The molecule has 2 aromatic rings. The van der Waals surface area contributed by atoms with E-state index in [0.717, 1.165) is 37.6 Å². The Hall–Kier alpha value is -2.14. The molecule has 0 unspecified atom stereocenters. The highest BCUT2D eigenvalue weighted by Gasteiger charge is 2.19. The maximum Gasteiger partial charge on any atom is 0.0806 e. The van der Waals surface area contributed by atoms with Crippen molar-refractivity contribution in [2.45, 2.75) is 39.8 Å². The van der Waals surface area contributed by atoms with Crippen molar-refractivity contribution in [3.8, 4) is 0 Å². The van der Waals surface area contributed by atoms with Gasteiger partial charge in [0.2, 0.25) is 0 Å². The monoisotopic (exact) mass is 339 g/mol. The molecule has 0 amide bonds. The molecule has 1 aromatic carbocycles. The molecular weight excluding hydrogens is 310 g/mol. The molecule has 1 fully saturated rings. The first-order valence-electron chi connectivity index (χ1n) is 9.16. The fraction of sp³-hybridized carbons (Fsp3) is 0.500.